The number of phenolic OH excluding ortho intramolecular Hbond substituents is 1. The van der Waals surface area contributed by atoms with E-state index in [1.165, 1.54) is 14.0 Å². The molecule has 1 radical (unpaired) electrons. The van der Waals surface area contributed by atoms with Crippen LogP contribution in [0.3, 0.4) is 0 Å². The average molecular weight is 528 g/mol. The van der Waals surface area contributed by atoms with Crippen molar-refractivity contribution in [2.75, 3.05) is 13.7 Å². The zero-order valence-electron chi connectivity index (χ0n) is 16.6. The third-order valence-corrected chi connectivity index (χ3v) is 5.57. The van der Waals surface area contributed by atoms with Crippen molar-refractivity contribution in [2.24, 2.45) is 20.5 Å². The smallest absolute Gasteiger partial charge is 0.296 e. The van der Waals surface area contributed by atoms with Crippen molar-refractivity contribution in [3.8, 4) is 5.75 Å². The van der Waals surface area contributed by atoms with Crippen LogP contribution in [0.4, 0.5) is 11.4 Å². The second kappa shape index (κ2) is 11.4. The summed E-state index contributed by atoms with van der Waals surface area (Å²) in [7, 11) is -8.12. The summed E-state index contributed by atoms with van der Waals surface area (Å²) in [4.78, 5) is -1.48. The van der Waals surface area contributed by atoms with Crippen molar-refractivity contribution in [3.63, 3.8) is 0 Å². The van der Waals surface area contributed by atoms with Gasteiger partial charge in [-0.2, -0.15) is 27.1 Å². The summed E-state index contributed by atoms with van der Waals surface area (Å²) in [6.07, 6.45) is 0. The second-order valence-electron chi connectivity index (χ2n) is 5.67. The molecule has 0 heterocycles. The fourth-order valence-corrected chi connectivity index (χ4v) is 2.76. The Morgan fingerprint density at radius 1 is 1.00 bits per heavy atom. The first kappa shape index (κ1) is 28.8. The van der Waals surface area contributed by atoms with Crippen LogP contribution in [0.2, 0.25) is 0 Å². The van der Waals surface area contributed by atoms with Crippen molar-refractivity contribution in [2.45, 2.75) is 25.7 Å². The minimum Gasteiger partial charge on any atom is -0.506 e. The summed E-state index contributed by atoms with van der Waals surface area (Å²) >= 11 is 0. The van der Waals surface area contributed by atoms with Gasteiger partial charge in [0.1, 0.15) is 33.5 Å². The van der Waals surface area contributed by atoms with Gasteiger partial charge in [0.25, 0.3) is 20.2 Å². The van der Waals surface area contributed by atoms with Gasteiger partial charge < -0.3 is 14.9 Å². The SMILES string of the molecule is CO/C(C)=C(/C)N=Nc1cc(O)c(N=N/C(CO)=C(/C)S(=O)(=O)O)cc1S(=O)(=O)O.[Cu]. The summed E-state index contributed by atoms with van der Waals surface area (Å²) < 4.78 is 69.0. The van der Waals surface area contributed by atoms with Crippen molar-refractivity contribution >= 4 is 31.6 Å². The number of aliphatic hydroxyl groups is 1. The first-order valence-corrected chi connectivity index (χ1v) is 10.8. The molecule has 0 aromatic heterocycles. The van der Waals surface area contributed by atoms with Crippen LogP contribution in [0.25, 0.3) is 0 Å². The fourth-order valence-electron chi connectivity index (χ4n) is 1.73. The summed E-state index contributed by atoms with van der Waals surface area (Å²) in [5.41, 5.74) is -1.20. The molecular weight excluding hydrogens is 508 g/mol. The fraction of sp³-hybridized carbons (Fsp3) is 0.333. The maximum Gasteiger partial charge on any atom is 0.296 e. The van der Waals surface area contributed by atoms with E-state index in [1.54, 1.807) is 6.92 Å². The molecule has 0 aliphatic heterocycles. The molecule has 1 aromatic rings. The number of hydrogen-bond acceptors (Lipinski definition) is 11. The topological polar surface area (TPSA) is 208 Å². The molecule has 0 saturated carbocycles. The van der Waals surface area contributed by atoms with Crippen LogP contribution in [-0.4, -0.2) is 49.9 Å². The van der Waals surface area contributed by atoms with Gasteiger partial charge in [-0.1, -0.05) is 0 Å². The maximum absolute atomic E-state index is 11.7. The number of azo groups is 2. The molecule has 0 bridgehead atoms. The molecule has 0 saturated heterocycles. The number of aliphatic hydroxyl groups excluding tert-OH is 1. The van der Waals surface area contributed by atoms with Gasteiger partial charge in [-0.25, -0.2) is 0 Å². The molecule has 0 aliphatic rings. The van der Waals surface area contributed by atoms with Crippen LogP contribution in [-0.2, 0) is 42.0 Å². The Balaban J connectivity index is 0.00000900. The predicted molar refractivity (Wildman–Crippen MR) is 104 cm³/mol. The van der Waals surface area contributed by atoms with Crippen LogP contribution in [0.15, 0.2) is 59.5 Å². The van der Waals surface area contributed by atoms with E-state index in [9.17, 15) is 31.6 Å². The van der Waals surface area contributed by atoms with Crippen LogP contribution in [0, 0.1) is 0 Å². The summed E-state index contributed by atoms with van der Waals surface area (Å²) in [6, 6.07) is 1.54. The van der Waals surface area contributed by atoms with Crippen molar-refractivity contribution in [1.29, 1.82) is 0 Å². The monoisotopic (exact) mass is 527 g/mol. The van der Waals surface area contributed by atoms with Gasteiger partial charge in [-0.05, 0) is 26.8 Å². The number of ether oxygens (including phenoxy) is 1. The Kier molecular flexibility index (Phi) is 10.6. The van der Waals surface area contributed by atoms with Crippen LogP contribution >= 0.6 is 0 Å². The minimum absolute atomic E-state index is 0. The summed E-state index contributed by atoms with van der Waals surface area (Å²) in [5, 5.41) is 33.6. The molecule has 4 N–H and O–H groups in total. The van der Waals surface area contributed by atoms with E-state index in [0.717, 1.165) is 13.0 Å². The number of methoxy groups -OCH3 is 1. The molecule has 0 atom stereocenters. The Bertz CT molecular complexity index is 1160. The third-order valence-electron chi connectivity index (χ3n) is 3.68. The molecule has 1 rings (SSSR count). The van der Waals surface area contributed by atoms with Gasteiger partial charge in [0.2, 0.25) is 0 Å². The normalized spacial score (nSPS) is 14.3. The Hall–Kier alpha value is -2.20. The van der Waals surface area contributed by atoms with Gasteiger partial charge in [0.15, 0.2) is 0 Å². The number of hydrogen-bond donors (Lipinski definition) is 4. The van der Waals surface area contributed by atoms with E-state index in [-0.39, 0.29) is 17.1 Å². The second-order valence-corrected chi connectivity index (χ2v) is 8.62. The minimum atomic E-state index is -4.84. The molecule has 16 heteroatoms. The van der Waals surface area contributed by atoms with E-state index < -0.39 is 59.5 Å². The zero-order valence-corrected chi connectivity index (χ0v) is 19.2. The average Bonchev–Trinajstić information content (AvgIpc) is 2.64. The molecule has 1 aromatic carbocycles. The molecule has 0 fully saturated rings. The van der Waals surface area contributed by atoms with E-state index in [4.69, 9.17) is 9.29 Å². The van der Waals surface area contributed by atoms with Gasteiger partial charge >= 0.3 is 0 Å². The van der Waals surface area contributed by atoms with Gasteiger partial charge in [0.05, 0.1) is 24.3 Å². The molecule has 0 unspecified atom stereocenters. The predicted octanol–water partition coefficient (Wildman–Crippen LogP) is 2.81. The van der Waals surface area contributed by atoms with Crippen LogP contribution < -0.4 is 0 Å². The van der Waals surface area contributed by atoms with Gasteiger partial charge in [-0.15, -0.1) is 10.2 Å². The molecule has 0 aliphatic carbocycles. The van der Waals surface area contributed by atoms with Gasteiger partial charge in [0, 0.05) is 23.1 Å². The Morgan fingerprint density at radius 3 is 2.00 bits per heavy atom. The van der Waals surface area contributed by atoms with Crippen molar-refractivity contribution < 1.29 is 58.0 Å². The van der Waals surface area contributed by atoms with Crippen LogP contribution in [0.5, 0.6) is 5.75 Å². The number of benzene rings is 1. The largest absolute Gasteiger partial charge is 0.506 e. The Labute approximate surface area is 189 Å². The van der Waals surface area contributed by atoms with Gasteiger partial charge in [-0.3, -0.25) is 9.11 Å². The molecule has 13 nitrogen and oxygen atoms in total. The number of phenols is 1. The zero-order chi connectivity index (χ0) is 23.3. The molecule has 31 heavy (non-hydrogen) atoms. The van der Waals surface area contributed by atoms with E-state index in [1.807, 2.05) is 0 Å². The first-order valence-electron chi connectivity index (χ1n) is 7.89. The summed E-state index contributed by atoms with van der Waals surface area (Å²) in [6.45, 7) is 3.13. The first-order chi connectivity index (χ1) is 13.7. The standard InChI is InChI=1S/C15H20N4O9S2.Cu/c1-8(9(2)28-4)16-18-12-5-14(21)11(6-15(12)30(25,26)27)17-19-13(7-20)10(3)29(22,23)24;/h5-6,20-21H,7H2,1-4H3,(H,22,23,24)(H,25,26,27);/b9-8-,13-10-,18-16?,19-17?;. The third kappa shape index (κ3) is 8.10. The summed E-state index contributed by atoms with van der Waals surface area (Å²) in [5.74, 6) is -0.258. The van der Waals surface area contributed by atoms with E-state index in [2.05, 4.69) is 20.5 Å². The van der Waals surface area contributed by atoms with Crippen LogP contribution in [0.1, 0.15) is 20.8 Å². The number of rotatable bonds is 8. The number of allylic oxidation sites excluding steroid dienone is 3. The molecule has 0 spiro atoms. The molecule has 0 amide bonds. The molecule has 177 valence electrons. The van der Waals surface area contributed by atoms with Crippen molar-refractivity contribution in [3.05, 3.63) is 34.2 Å². The van der Waals surface area contributed by atoms with E-state index in [0.29, 0.717) is 17.5 Å². The Morgan fingerprint density at radius 2 is 1.55 bits per heavy atom. The van der Waals surface area contributed by atoms with Crippen molar-refractivity contribution in [1.82, 2.24) is 0 Å². The quantitative estimate of drug-likeness (QED) is 0.169. The molecular formula is C15H20CuN4O9S2. The maximum atomic E-state index is 11.7. The number of aromatic hydroxyl groups is 1. The number of nitrogens with zero attached hydrogens (tertiary/aromatic N) is 4. The van der Waals surface area contributed by atoms with E-state index >= 15 is 0 Å².